The number of hydrogen-bond donors (Lipinski definition) is 1. The van der Waals surface area contributed by atoms with Crippen molar-refractivity contribution in [1.29, 1.82) is 0 Å². The topological polar surface area (TPSA) is 29.3 Å². The first-order valence-corrected chi connectivity index (χ1v) is 7.11. The van der Waals surface area contributed by atoms with Gasteiger partial charge in [0.05, 0.1) is 5.56 Å². The van der Waals surface area contributed by atoms with E-state index in [-0.39, 0.29) is 18.2 Å². The first-order valence-electron chi connectivity index (χ1n) is 7.11. The van der Waals surface area contributed by atoms with Crippen LogP contribution in [0.4, 0.5) is 17.6 Å². The number of nitrogens with zero attached hydrogens (tertiary/aromatic N) is 1. The van der Waals surface area contributed by atoms with Crippen molar-refractivity contribution < 1.29 is 17.6 Å². The fourth-order valence-corrected chi connectivity index (χ4v) is 2.86. The molecular formula is C15H20F4N2. The highest BCUT2D eigenvalue weighted by atomic mass is 19.4. The summed E-state index contributed by atoms with van der Waals surface area (Å²) in [6.07, 6.45) is -2.60. The quantitative estimate of drug-likeness (QED) is 0.867. The maximum Gasteiger partial charge on any atom is 0.416 e. The molecule has 0 amide bonds. The highest BCUT2D eigenvalue weighted by Crippen LogP contribution is 2.33. The zero-order valence-corrected chi connectivity index (χ0v) is 12.0. The van der Waals surface area contributed by atoms with E-state index in [2.05, 4.69) is 0 Å². The second-order valence-corrected chi connectivity index (χ2v) is 5.80. The number of nitrogens with two attached hydrogens (primary N) is 1. The summed E-state index contributed by atoms with van der Waals surface area (Å²) in [5.74, 6) is -0.563. The number of halogens is 4. The number of rotatable bonds is 3. The Balaban J connectivity index is 2.16. The van der Waals surface area contributed by atoms with Crippen LogP contribution in [0.25, 0.3) is 0 Å². The first kappa shape index (κ1) is 16.2. The normalized spacial score (nSPS) is 22.3. The van der Waals surface area contributed by atoms with Crippen molar-refractivity contribution in [2.75, 3.05) is 13.1 Å². The molecule has 2 unspecified atom stereocenters. The smallest absolute Gasteiger partial charge is 0.328 e. The average Bonchev–Trinajstić information content (AvgIpc) is 2.40. The van der Waals surface area contributed by atoms with Crippen LogP contribution in [0.2, 0.25) is 0 Å². The Morgan fingerprint density at radius 3 is 2.71 bits per heavy atom. The van der Waals surface area contributed by atoms with Gasteiger partial charge < -0.3 is 5.73 Å². The molecule has 0 bridgehead atoms. The fraction of sp³-hybridized carbons (Fsp3) is 0.600. The van der Waals surface area contributed by atoms with Crippen LogP contribution in [0.1, 0.15) is 30.9 Å². The van der Waals surface area contributed by atoms with E-state index in [9.17, 15) is 17.6 Å². The molecule has 1 heterocycles. The third-order valence-electron chi connectivity index (χ3n) is 4.06. The van der Waals surface area contributed by atoms with Crippen LogP contribution in [0, 0.1) is 11.7 Å². The predicted octanol–water partition coefficient (Wildman–Crippen LogP) is 3.40. The minimum absolute atomic E-state index is 0.0307. The number of likely N-dealkylation sites (tertiary alicyclic amines) is 1. The van der Waals surface area contributed by atoms with Crippen LogP contribution in [0.3, 0.4) is 0 Å². The summed E-state index contributed by atoms with van der Waals surface area (Å²) in [6.45, 7) is 3.54. The molecule has 118 valence electrons. The summed E-state index contributed by atoms with van der Waals surface area (Å²) >= 11 is 0. The Morgan fingerprint density at radius 2 is 2.10 bits per heavy atom. The highest BCUT2D eigenvalue weighted by molar-refractivity contribution is 5.30. The lowest BCUT2D eigenvalue weighted by Crippen LogP contribution is -2.42. The van der Waals surface area contributed by atoms with E-state index in [0.29, 0.717) is 18.5 Å². The molecule has 0 saturated carbocycles. The van der Waals surface area contributed by atoms with Gasteiger partial charge >= 0.3 is 6.18 Å². The molecule has 0 spiro atoms. The van der Waals surface area contributed by atoms with E-state index in [4.69, 9.17) is 5.73 Å². The van der Waals surface area contributed by atoms with E-state index in [1.807, 2.05) is 11.8 Å². The monoisotopic (exact) mass is 304 g/mol. The lowest BCUT2D eigenvalue weighted by Gasteiger charge is -2.35. The first-order chi connectivity index (χ1) is 9.77. The molecule has 21 heavy (non-hydrogen) atoms. The Labute approximate surface area is 121 Å². The Kier molecular flexibility index (Phi) is 4.88. The Morgan fingerprint density at radius 1 is 1.38 bits per heavy atom. The van der Waals surface area contributed by atoms with Gasteiger partial charge in [0.1, 0.15) is 5.82 Å². The van der Waals surface area contributed by atoms with E-state index < -0.39 is 17.6 Å². The molecule has 1 fully saturated rings. The van der Waals surface area contributed by atoms with Crippen molar-refractivity contribution in [3.63, 3.8) is 0 Å². The van der Waals surface area contributed by atoms with Gasteiger partial charge in [-0.05, 0) is 49.9 Å². The van der Waals surface area contributed by atoms with Gasteiger partial charge in [-0.25, -0.2) is 4.39 Å². The number of hydrogen-bond acceptors (Lipinski definition) is 2. The van der Waals surface area contributed by atoms with Gasteiger partial charge in [0, 0.05) is 19.1 Å². The molecule has 6 heteroatoms. The maximum atomic E-state index is 13.1. The van der Waals surface area contributed by atoms with Crippen molar-refractivity contribution in [3.05, 3.63) is 35.1 Å². The third-order valence-corrected chi connectivity index (χ3v) is 4.06. The van der Waals surface area contributed by atoms with Gasteiger partial charge in [0.15, 0.2) is 0 Å². The maximum absolute atomic E-state index is 13.1. The van der Waals surface area contributed by atoms with Crippen LogP contribution in [0.5, 0.6) is 0 Å². The summed E-state index contributed by atoms with van der Waals surface area (Å²) < 4.78 is 52.0. The molecule has 1 aliphatic rings. The van der Waals surface area contributed by atoms with Crippen LogP contribution in [-0.2, 0) is 12.7 Å². The largest absolute Gasteiger partial charge is 0.416 e. The highest BCUT2D eigenvalue weighted by Gasteiger charge is 2.34. The van der Waals surface area contributed by atoms with Crippen LogP contribution >= 0.6 is 0 Å². The standard InChI is InChI=1S/C15H20F4N2/c1-10(20)11-3-2-6-21(8-11)9-12-4-5-13(16)7-14(12)15(17,18)19/h4-5,7,10-11H,2-3,6,8-9,20H2,1H3. The minimum atomic E-state index is -4.53. The lowest BCUT2D eigenvalue weighted by molar-refractivity contribution is -0.138. The molecule has 0 radical (unpaired) electrons. The van der Waals surface area contributed by atoms with E-state index in [0.717, 1.165) is 25.5 Å². The molecule has 2 N–H and O–H groups in total. The molecule has 0 aliphatic carbocycles. The van der Waals surface area contributed by atoms with Crippen molar-refractivity contribution in [2.45, 2.75) is 38.5 Å². The average molecular weight is 304 g/mol. The molecule has 2 rings (SSSR count). The Bertz CT molecular complexity index is 485. The molecule has 2 nitrogen and oxygen atoms in total. The second kappa shape index (κ2) is 6.32. The molecule has 1 aliphatic heterocycles. The van der Waals surface area contributed by atoms with E-state index in [1.165, 1.54) is 6.07 Å². The molecule has 1 saturated heterocycles. The predicted molar refractivity (Wildman–Crippen MR) is 73.1 cm³/mol. The molecule has 1 aromatic carbocycles. The van der Waals surface area contributed by atoms with Gasteiger partial charge in [-0.1, -0.05) is 6.07 Å². The van der Waals surface area contributed by atoms with Gasteiger partial charge in [-0.2, -0.15) is 13.2 Å². The molecule has 1 aromatic rings. The fourth-order valence-electron chi connectivity index (χ4n) is 2.86. The number of alkyl halides is 3. The summed E-state index contributed by atoms with van der Waals surface area (Å²) in [5, 5.41) is 0. The number of piperidine rings is 1. The van der Waals surface area contributed by atoms with Gasteiger partial charge in [-0.15, -0.1) is 0 Å². The summed E-state index contributed by atoms with van der Waals surface area (Å²) in [4.78, 5) is 1.97. The van der Waals surface area contributed by atoms with Crippen molar-refractivity contribution in [2.24, 2.45) is 11.7 Å². The van der Waals surface area contributed by atoms with Gasteiger partial charge in [-0.3, -0.25) is 4.90 Å². The van der Waals surface area contributed by atoms with Gasteiger partial charge in [0.2, 0.25) is 0 Å². The van der Waals surface area contributed by atoms with Crippen molar-refractivity contribution in [3.8, 4) is 0 Å². The van der Waals surface area contributed by atoms with Crippen LogP contribution < -0.4 is 5.73 Å². The van der Waals surface area contributed by atoms with Gasteiger partial charge in [0.25, 0.3) is 0 Å². The summed E-state index contributed by atoms with van der Waals surface area (Å²) in [5.41, 5.74) is 5.12. The molecule has 2 atom stereocenters. The minimum Gasteiger partial charge on any atom is -0.328 e. The summed E-state index contributed by atoms with van der Waals surface area (Å²) in [7, 11) is 0. The summed E-state index contributed by atoms with van der Waals surface area (Å²) in [6, 6.07) is 2.91. The van der Waals surface area contributed by atoms with Crippen LogP contribution in [-0.4, -0.2) is 24.0 Å². The second-order valence-electron chi connectivity index (χ2n) is 5.80. The number of benzene rings is 1. The molecule has 0 aromatic heterocycles. The molecular weight excluding hydrogens is 284 g/mol. The SMILES string of the molecule is CC(N)C1CCCN(Cc2ccc(F)cc2C(F)(F)F)C1. The third kappa shape index (κ3) is 4.17. The van der Waals surface area contributed by atoms with Crippen LogP contribution in [0.15, 0.2) is 18.2 Å². The zero-order valence-electron chi connectivity index (χ0n) is 12.0. The van der Waals surface area contributed by atoms with E-state index in [1.54, 1.807) is 0 Å². The lowest BCUT2D eigenvalue weighted by atomic mass is 9.91. The van der Waals surface area contributed by atoms with Crippen molar-refractivity contribution in [1.82, 2.24) is 4.90 Å². The van der Waals surface area contributed by atoms with Crippen molar-refractivity contribution >= 4 is 0 Å². The Hall–Kier alpha value is -1.14. The zero-order chi connectivity index (χ0) is 15.6. The van der Waals surface area contributed by atoms with E-state index >= 15 is 0 Å².